The topological polar surface area (TPSA) is 337 Å². The molecule has 8 amide bonds. The van der Waals surface area contributed by atoms with Crippen molar-refractivity contribution in [2.75, 3.05) is 34.3 Å². The van der Waals surface area contributed by atoms with E-state index in [0.717, 1.165) is 104 Å². The number of halogens is 1. The average Bonchev–Trinajstić information content (AvgIpc) is 1.78. The molecule has 0 atom stereocenters. The standard InChI is InChI=1S/C20H25N5O3.C17H27BN2O4.C15H17N5O.C9H10BrN3O/c1-20(2,3)28-19(27)24-10-13-7-15(11-22-9-13)16-8-14-5-4-6-25(18(21)26)17(14)23-12-16;1-15(2,3)22-14(21)20-10-12-8-13(11-19-9-12)18-23-16(4,5)17(6,7)24-18;16-6-10-4-12(8-18-7-10)13-5-11-2-1-3-20(15(17)21)14(11)19-9-13;10-7-4-6-2-1-3-13(9(11)14)8(6)12-5-7/h7-9,11-12H,4-6,10H2,1-3H3,(H2,21,26)(H,24,27);8-9,11H,10H2,1-7H3,(H,20,21);4-5,7-9H,1-3,6,16H2,(H2,17,21);4-5H,1-3H2,(H2,11,14). The fourth-order valence-electron chi connectivity index (χ4n) is 9.51. The molecule has 1 saturated heterocycles. The number of ether oxygens (including phenoxy) is 2. The van der Waals surface area contributed by atoms with Crippen LogP contribution >= 0.6 is 15.9 Å². The van der Waals surface area contributed by atoms with E-state index in [-0.39, 0.29) is 0 Å². The van der Waals surface area contributed by atoms with Gasteiger partial charge < -0.3 is 52.4 Å². The van der Waals surface area contributed by atoms with Gasteiger partial charge in [0.2, 0.25) is 0 Å². The Morgan fingerprint density at radius 3 is 1.32 bits per heavy atom. The highest BCUT2D eigenvalue weighted by molar-refractivity contribution is 9.10. The maximum atomic E-state index is 11.8. The molecule has 26 heteroatoms. The molecule has 10 N–H and O–H groups in total. The Morgan fingerprint density at radius 1 is 0.540 bits per heavy atom. The van der Waals surface area contributed by atoms with Crippen LogP contribution in [0.25, 0.3) is 22.3 Å². The van der Waals surface area contributed by atoms with Gasteiger partial charge in [-0.05, 0) is 187 Å². The Kier molecular flexibility index (Phi) is 21.7. The van der Waals surface area contributed by atoms with Crippen molar-refractivity contribution >= 4 is 76.2 Å². The van der Waals surface area contributed by atoms with Crippen LogP contribution in [0.2, 0.25) is 0 Å². The van der Waals surface area contributed by atoms with Gasteiger partial charge in [-0.2, -0.15) is 0 Å². The first-order valence-corrected chi connectivity index (χ1v) is 29.4. The van der Waals surface area contributed by atoms with Crippen LogP contribution in [0.3, 0.4) is 0 Å². The van der Waals surface area contributed by atoms with Gasteiger partial charge in [0, 0.05) is 127 Å². The van der Waals surface area contributed by atoms with Crippen LogP contribution in [0, 0.1) is 0 Å². The molecule has 0 aromatic carbocycles. The first kappa shape index (κ1) is 66.2. The Hall–Kier alpha value is -8.33. The molecular formula is C61H79BBrN15O9. The summed E-state index contributed by atoms with van der Waals surface area (Å²) in [6.45, 7) is 21.9. The second kappa shape index (κ2) is 28.5. The second-order valence-electron chi connectivity index (χ2n) is 24.1. The lowest BCUT2D eigenvalue weighted by Gasteiger charge is -2.32. The molecule has 10 heterocycles. The van der Waals surface area contributed by atoms with E-state index in [1.54, 1.807) is 55.8 Å². The van der Waals surface area contributed by atoms with Gasteiger partial charge >= 0.3 is 37.4 Å². The molecule has 6 aromatic heterocycles. The van der Waals surface area contributed by atoms with E-state index < -0.39 is 59.8 Å². The number of pyridine rings is 6. The molecule has 0 aliphatic carbocycles. The summed E-state index contributed by atoms with van der Waals surface area (Å²) < 4.78 is 23.4. The molecule has 6 aromatic rings. The number of anilines is 3. The Bertz CT molecular complexity index is 3440. The number of aromatic nitrogens is 6. The molecule has 0 spiro atoms. The molecule has 0 saturated carbocycles. The van der Waals surface area contributed by atoms with Gasteiger partial charge in [-0.25, -0.2) is 38.9 Å². The number of rotatable bonds is 8. The smallest absolute Gasteiger partial charge is 0.444 e. The summed E-state index contributed by atoms with van der Waals surface area (Å²) in [4.78, 5) is 88.0. The lowest BCUT2D eigenvalue weighted by Crippen LogP contribution is -2.41. The highest BCUT2D eigenvalue weighted by atomic mass is 79.9. The fourth-order valence-corrected chi connectivity index (χ4v) is 9.89. The molecule has 462 valence electrons. The maximum Gasteiger partial charge on any atom is 0.496 e. The predicted octanol–water partition coefficient (Wildman–Crippen LogP) is 8.51. The summed E-state index contributed by atoms with van der Waals surface area (Å²) >= 11 is 3.35. The van der Waals surface area contributed by atoms with Crippen LogP contribution in [0.1, 0.15) is 122 Å². The van der Waals surface area contributed by atoms with Crippen LogP contribution in [0.4, 0.5) is 41.4 Å². The molecule has 0 unspecified atom stereocenters. The van der Waals surface area contributed by atoms with Crippen LogP contribution in [0.15, 0.2) is 96.6 Å². The zero-order valence-electron chi connectivity index (χ0n) is 51.1. The van der Waals surface area contributed by atoms with Gasteiger partial charge in [-0.15, -0.1) is 0 Å². The summed E-state index contributed by atoms with van der Waals surface area (Å²) in [5.74, 6) is 1.99. The summed E-state index contributed by atoms with van der Waals surface area (Å²) in [5, 5.41) is 5.45. The molecule has 87 heavy (non-hydrogen) atoms. The van der Waals surface area contributed by atoms with E-state index >= 15 is 0 Å². The van der Waals surface area contributed by atoms with Crippen LogP contribution in [-0.2, 0) is 57.7 Å². The third-order valence-electron chi connectivity index (χ3n) is 14.3. The number of nitrogens with zero attached hydrogens (tertiary/aromatic N) is 9. The highest BCUT2D eigenvalue weighted by Gasteiger charge is 2.52. The molecule has 4 aliphatic heterocycles. The van der Waals surface area contributed by atoms with E-state index in [0.29, 0.717) is 56.7 Å². The molecule has 10 rings (SSSR count). The van der Waals surface area contributed by atoms with Gasteiger partial charge in [-0.3, -0.25) is 29.7 Å². The second-order valence-corrected chi connectivity index (χ2v) is 25.0. The first-order valence-electron chi connectivity index (χ1n) is 28.6. The van der Waals surface area contributed by atoms with Crippen molar-refractivity contribution in [3.05, 3.63) is 130 Å². The number of hydrogen-bond acceptors (Lipinski definition) is 16. The number of alkyl carbamates (subject to hydrolysis) is 2. The zero-order chi connectivity index (χ0) is 63.4. The van der Waals surface area contributed by atoms with Gasteiger partial charge in [0.1, 0.15) is 28.7 Å². The van der Waals surface area contributed by atoms with E-state index in [4.69, 9.17) is 41.7 Å². The fraction of sp³-hybridized carbons (Fsp3) is 0.426. The molecule has 24 nitrogen and oxygen atoms in total. The number of aryl methyl sites for hydroxylation is 3. The minimum atomic E-state index is -0.544. The number of fused-ring (bicyclic) bond motifs is 3. The molecule has 1 fully saturated rings. The lowest BCUT2D eigenvalue weighted by molar-refractivity contribution is 0.00578. The van der Waals surface area contributed by atoms with Gasteiger partial charge in [0.15, 0.2) is 0 Å². The van der Waals surface area contributed by atoms with Gasteiger partial charge in [-0.1, -0.05) is 6.07 Å². The molecular weight excluding hydrogens is 1180 g/mol. The van der Waals surface area contributed by atoms with Crippen LogP contribution in [0.5, 0.6) is 0 Å². The van der Waals surface area contributed by atoms with Crippen molar-refractivity contribution in [1.29, 1.82) is 0 Å². The molecule has 0 radical (unpaired) electrons. The van der Waals surface area contributed by atoms with E-state index in [2.05, 4.69) is 62.5 Å². The zero-order valence-corrected chi connectivity index (χ0v) is 52.7. The summed E-state index contributed by atoms with van der Waals surface area (Å²) in [7, 11) is -0.469. The number of primary amides is 3. The maximum absolute atomic E-state index is 11.8. The van der Waals surface area contributed by atoms with Crippen molar-refractivity contribution in [1.82, 2.24) is 40.5 Å². The predicted molar refractivity (Wildman–Crippen MR) is 337 cm³/mol. The van der Waals surface area contributed by atoms with Crippen molar-refractivity contribution in [3.63, 3.8) is 0 Å². The van der Waals surface area contributed by atoms with E-state index in [1.165, 1.54) is 14.7 Å². The largest absolute Gasteiger partial charge is 0.496 e. The van der Waals surface area contributed by atoms with Crippen molar-refractivity contribution in [3.8, 4) is 22.3 Å². The number of nitrogens with two attached hydrogens (primary N) is 4. The molecule has 4 aliphatic rings. The minimum Gasteiger partial charge on any atom is -0.444 e. The normalized spacial score (nSPS) is 15.4. The Balaban J connectivity index is 0.000000170. The average molecular weight is 1260 g/mol. The van der Waals surface area contributed by atoms with Crippen molar-refractivity contribution in [2.24, 2.45) is 22.9 Å². The number of amides is 8. The third-order valence-corrected chi connectivity index (χ3v) is 14.8. The Morgan fingerprint density at radius 2 is 0.908 bits per heavy atom. The van der Waals surface area contributed by atoms with Crippen LogP contribution in [-0.4, -0.2) is 109 Å². The third kappa shape index (κ3) is 18.4. The molecule has 0 bridgehead atoms. The number of urea groups is 3. The summed E-state index contributed by atoms with van der Waals surface area (Å²) in [6.07, 6.45) is 20.0. The summed E-state index contributed by atoms with van der Waals surface area (Å²) in [6, 6.07) is 10.5. The van der Waals surface area contributed by atoms with E-state index in [1.807, 2.05) is 99.6 Å². The highest BCUT2D eigenvalue weighted by Crippen LogP contribution is 2.37. The number of nitrogens with one attached hydrogen (secondary N) is 2. The monoisotopic (exact) mass is 1260 g/mol. The first-order chi connectivity index (χ1) is 41.0. The Labute approximate surface area is 516 Å². The van der Waals surface area contributed by atoms with Crippen LogP contribution < -0.4 is 53.7 Å². The lowest BCUT2D eigenvalue weighted by atomic mass is 9.80. The van der Waals surface area contributed by atoms with Gasteiger partial charge in [0.25, 0.3) is 0 Å². The van der Waals surface area contributed by atoms with Crippen molar-refractivity contribution in [2.45, 2.75) is 150 Å². The number of carbonyl (C=O) groups is 5. The summed E-state index contributed by atoms with van der Waals surface area (Å²) in [5.41, 5.74) is 30.2. The minimum absolute atomic E-state index is 0.309. The number of hydrogen-bond donors (Lipinski definition) is 6. The quantitative estimate of drug-likeness (QED) is 0.0778. The van der Waals surface area contributed by atoms with Crippen molar-refractivity contribution < 1.29 is 42.8 Å². The SMILES string of the molecule is CC(C)(C)OC(=O)NCc1cncc(-c2cnc3c(c2)CCCN3C(N)=O)c1.CC(C)(C)OC(=O)NCc1cncc(B2OC(C)(C)C(C)(C)O2)c1.NC(=O)N1CCCc2cc(Br)cnc21.NCc1cncc(-c2cnc3c(c2)CCCN3C(N)=O)c1. The van der Waals surface area contributed by atoms with E-state index in [9.17, 15) is 24.0 Å². The number of carbonyl (C=O) groups excluding carboxylic acids is 5. The van der Waals surface area contributed by atoms with Gasteiger partial charge in [0.05, 0.1) is 11.2 Å².